The first-order valence-electron chi connectivity index (χ1n) is 5.90. The van der Waals surface area contributed by atoms with Crippen molar-refractivity contribution in [3.63, 3.8) is 0 Å². The maximum atomic E-state index is 11.8. The molecular formula is C10H21N3O3S. The van der Waals surface area contributed by atoms with E-state index in [1.165, 1.54) is 4.31 Å². The Labute approximate surface area is 103 Å². The third kappa shape index (κ3) is 3.65. The largest absolute Gasteiger partial charge is 0.339 e. The molecule has 0 radical (unpaired) electrons. The normalized spacial score (nSPS) is 20.3. The van der Waals surface area contributed by atoms with E-state index in [4.69, 9.17) is 5.73 Å². The molecule has 17 heavy (non-hydrogen) atoms. The number of amides is 1. The van der Waals surface area contributed by atoms with Crippen LogP contribution in [0.25, 0.3) is 0 Å². The zero-order valence-electron chi connectivity index (χ0n) is 10.4. The zero-order valence-corrected chi connectivity index (χ0v) is 11.2. The second kappa shape index (κ2) is 5.79. The average molecular weight is 263 g/mol. The number of nitrogens with two attached hydrogens (primary N) is 1. The molecule has 1 unspecified atom stereocenters. The van der Waals surface area contributed by atoms with Crippen molar-refractivity contribution in [2.45, 2.75) is 26.3 Å². The van der Waals surface area contributed by atoms with Crippen LogP contribution in [-0.4, -0.2) is 61.5 Å². The summed E-state index contributed by atoms with van der Waals surface area (Å²) in [5, 5.41) is 0. The molecule has 6 nitrogen and oxygen atoms in total. The predicted molar refractivity (Wildman–Crippen MR) is 65.9 cm³/mol. The lowest BCUT2D eigenvalue weighted by atomic mass is 10.2. The molecule has 1 atom stereocenters. The molecule has 1 aliphatic heterocycles. The molecule has 0 aromatic heterocycles. The lowest BCUT2D eigenvalue weighted by Gasteiger charge is -2.34. The van der Waals surface area contributed by atoms with E-state index < -0.39 is 16.1 Å². The van der Waals surface area contributed by atoms with Crippen LogP contribution in [-0.2, 0) is 14.8 Å². The van der Waals surface area contributed by atoms with Crippen LogP contribution >= 0.6 is 0 Å². The van der Waals surface area contributed by atoms with Crippen LogP contribution in [0.3, 0.4) is 0 Å². The van der Waals surface area contributed by atoms with E-state index >= 15 is 0 Å². The van der Waals surface area contributed by atoms with Crippen LogP contribution < -0.4 is 5.73 Å². The van der Waals surface area contributed by atoms with Crippen LogP contribution in [0, 0.1) is 0 Å². The summed E-state index contributed by atoms with van der Waals surface area (Å²) in [6.07, 6.45) is 0.612. The van der Waals surface area contributed by atoms with Gasteiger partial charge < -0.3 is 10.6 Å². The van der Waals surface area contributed by atoms with Crippen LogP contribution in [0.15, 0.2) is 0 Å². The van der Waals surface area contributed by atoms with Gasteiger partial charge in [-0.1, -0.05) is 6.92 Å². The van der Waals surface area contributed by atoms with Crippen LogP contribution in [0.1, 0.15) is 20.3 Å². The van der Waals surface area contributed by atoms with Crippen molar-refractivity contribution in [2.24, 2.45) is 5.73 Å². The fourth-order valence-electron chi connectivity index (χ4n) is 1.86. The molecule has 1 aliphatic rings. The van der Waals surface area contributed by atoms with E-state index in [9.17, 15) is 13.2 Å². The van der Waals surface area contributed by atoms with Gasteiger partial charge in [0.1, 0.15) is 0 Å². The highest BCUT2D eigenvalue weighted by Gasteiger charge is 2.28. The number of rotatable bonds is 4. The molecule has 0 bridgehead atoms. The van der Waals surface area contributed by atoms with Crippen molar-refractivity contribution in [3.05, 3.63) is 0 Å². The molecule has 2 N–H and O–H groups in total. The minimum Gasteiger partial charge on any atom is -0.339 e. The van der Waals surface area contributed by atoms with E-state index in [0.717, 1.165) is 0 Å². The first kappa shape index (κ1) is 14.4. The van der Waals surface area contributed by atoms with Crippen LogP contribution in [0.5, 0.6) is 0 Å². The summed E-state index contributed by atoms with van der Waals surface area (Å²) < 4.78 is 25.0. The number of hydrogen-bond donors (Lipinski definition) is 1. The Kier molecular flexibility index (Phi) is 4.91. The number of carbonyl (C=O) groups excluding carboxylic acids is 1. The van der Waals surface area contributed by atoms with Crippen LogP contribution in [0.4, 0.5) is 0 Å². The van der Waals surface area contributed by atoms with Gasteiger partial charge in [-0.15, -0.1) is 0 Å². The fourth-order valence-corrected chi connectivity index (χ4v) is 3.36. The predicted octanol–water partition coefficient (Wildman–Crippen LogP) is -0.782. The van der Waals surface area contributed by atoms with E-state index in [1.807, 2.05) is 6.92 Å². The highest BCUT2D eigenvalue weighted by molar-refractivity contribution is 7.89. The summed E-state index contributed by atoms with van der Waals surface area (Å²) in [7, 11) is -3.14. The second-order valence-corrected chi connectivity index (χ2v) is 6.42. The fraction of sp³-hybridized carbons (Fsp3) is 0.900. The standard InChI is InChI=1S/C10H21N3O3S/c1-3-8-17(15,16)13-6-4-12(5-7-13)10(14)9(2)11/h9H,3-8,11H2,1-2H3. The SMILES string of the molecule is CCCS(=O)(=O)N1CCN(C(=O)C(C)N)CC1. The number of nitrogens with zero attached hydrogens (tertiary/aromatic N) is 2. The summed E-state index contributed by atoms with van der Waals surface area (Å²) in [6, 6.07) is -0.520. The van der Waals surface area contributed by atoms with Gasteiger partial charge >= 0.3 is 0 Å². The first-order valence-corrected chi connectivity index (χ1v) is 7.51. The molecule has 0 spiro atoms. The van der Waals surface area contributed by atoms with Gasteiger partial charge in [-0.25, -0.2) is 8.42 Å². The van der Waals surface area contributed by atoms with Gasteiger partial charge in [0.2, 0.25) is 15.9 Å². The molecule has 1 fully saturated rings. The first-order chi connectivity index (χ1) is 7.88. The molecular weight excluding hydrogens is 242 g/mol. The summed E-state index contributed by atoms with van der Waals surface area (Å²) in [6.45, 7) is 5.10. The van der Waals surface area contributed by atoms with E-state index in [2.05, 4.69) is 0 Å². The Hall–Kier alpha value is -0.660. The Bertz CT molecular complexity index is 359. The molecule has 1 saturated heterocycles. The Morgan fingerprint density at radius 3 is 2.24 bits per heavy atom. The van der Waals surface area contributed by atoms with E-state index in [1.54, 1.807) is 11.8 Å². The van der Waals surface area contributed by atoms with Crippen molar-refractivity contribution < 1.29 is 13.2 Å². The van der Waals surface area contributed by atoms with Crippen molar-refractivity contribution >= 4 is 15.9 Å². The van der Waals surface area contributed by atoms with Gasteiger partial charge in [0.25, 0.3) is 0 Å². The molecule has 0 aromatic rings. The van der Waals surface area contributed by atoms with Crippen molar-refractivity contribution in [3.8, 4) is 0 Å². The maximum absolute atomic E-state index is 11.8. The Morgan fingerprint density at radius 1 is 1.29 bits per heavy atom. The summed E-state index contributed by atoms with van der Waals surface area (Å²) in [5.74, 6) is 0.0615. The summed E-state index contributed by atoms with van der Waals surface area (Å²) in [5.41, 5.74) is 5.51. The summed E-state index contributed by atoms with van der Waals surface area (Å²) >= 11 is 0. The van der Waals surface area contributed by atoms with Gasteiger partial charge in [0.15, 0.2) is 0 Å². The molecule has 1 heterocycles. The molecule has 1 rings (SSSR count). The number of hydrogen-bond acceptors (Lipinski definition) is 4. The van der Waals surface area contributed by atoms with Gasteiger partial charge in [-0.05, 0) is 13.3 Å². The monoisotopic (exact) mass is 263 g/mol. The number of carbonyl (C=O) groups is 1. The van der Waals surface area contributed by atoms with Crippen LogP contribution in [0.2, 0.25) is 0 Å². The highest BCUT2D eigenvalue weighted by Crippen LogP contribution is 2.09. The Balaban J connectivity index is 2.54. The topological polar surface area (TPSA) is 83.7 Å². The van der Waals surface area contributed by atoms with E-state index in [0.29, 0.717) is 32.6 Å². The molecule has 0 aliphatic carbocycles. The molecule has 0 aromatic carbocycles. The average Bonchev–Trinajstić information content (AvgIpc) is 2.28. The quantitative estimate of drug-likeness (QED) is 0.721. The lowest BCUT2D eigenvalue weighted by Crippen LogP contribution is -2.54. The summed E-state index contributed by atoms with van der Waals surface area (Å²) in [4.78, 5) is 13.2. The van der Waals surface area contributed by atoms with Gasteiger partial charge in [0.05, 0.1) is 11.8 Å². The van der Waals surface area contributed by atoms with Crippen molar-refractivity contribution in [2.75, 3.05) is 31.9 Å². The maximum Gasteiger partial charge on any atom is 0.239 e. The van der Waals surface area contributed by atoms with Crippen molar-refractivity contribution in [1.82, 2.24) is 9.21 Å². The van der Waals surface area contributed by atoms with Crippen molar-refractivity contribution in [1.29, 1.82) is 0 Å². The minimum absolute atomic E-state index is 0.113. The van der Waals surface area contributed by atoms with E-state index in [-0.39, 0.29) is 11.7 Å². The van der Waals surface area contributed by atoms with Gasteiger partial charge in [-0.3, -0.25) is 4.79 Å². The molecule has 1 amide bonds. The molecule has 0 saturated carbocycles. The third-order valence-electron chi connectivity index (χ3n) is 2.80. The third-order valence-corrected chi connectivity index (χ3v) is 4.87. The zero-order chi connectivity index (χ0) is 13.1. The minimum atomic E-state index is -3.14. The number of sulfonamides is 1. The molecule has 100 valence electrons. The van der Waals surface area contributed by atoms with Gasteiger partial charge in [-0.2, -0.15) is 4.31 Å². The number of piperazine rings is 1. The second-order valence-electron chi connectivity index (χ2n) is 4.33. The highest BCUT2D eigenvalue weighted by atomic mass is 32.2. The van der Waals surface area contributed by atoms with Gasteiger partial charge in [0, 0.05) is 26.2 Å². The Morgan fingerprint density at radius 2 is 1.82 bits per heavy atom. The smallest absolute Gasteiger partial charge is 0.239 e. The molecule has 7 heteroatoms. The lowest BCUT2D eigenvalue weighted by molar-refractivity contribution is -0.133.